The topological polar surface area (TPSA) is 211 Å². The van der Waals surface area contributed by atoms with E-state index in [9.17, 15) is 44.1 Å². The maximum atomic E-state index is 13.2. The molecule has 7 N–H and O–H groups in total. The van der Waals surface area contributed by atoms with Gasteiger partial charge in [-0.1, -0.05) is 104 Å². The molecule has 0 aromatic heterocycles. The Morgan fingerprint density at radius 1 is 0.604 bits per heavy atom. The fraction of sp³-hybridized carbons (Fsp3) is 0.829. The zero-order valence-electron chi connectivity index (χ0n) is 30.0. The molecule has 0 aliphatic heterocycles. The van der Waals surface area contributed by atoms with Gasteiger partial charge in [-0.05, 0) is 32.6 Å². The number of hydrogen-bond acceptors (Lipinski definition) is 8. The Hall–Kier alpha value is -3.06. The number of carboxylic acids is 1. The summed E-state index contributed by atoms with van der Waals surface area (Å²) in [5.74, 6) is -4.88. The molecule has 278 valence electrons. The molecule has 0 rings (SSSR count). The van der Waals surface area contributed by atoms with Crippen LogP contribution in [0.1, 0.15) is 144 Å². The summed E-state index contributed by atoms with van der Waals surface area (Å²) in [4.78, 5) is 75.0. The maximum absolute atomic E-state index is 13.2. The number of amides is 4. The van der Waals surface area contributed by atoms with E-state index in [0.717, 1.165) is 19.3 Å². The van der Waals surface area contributed by atoms with Crippen LogP contribution < -0.4 is 21.3 Å². The van der Waals surface area contributed by atoms with Gasteiger partial charge in [-0.2, -0.15) is 0 Å². The van der Waals surface area contributed by atoms with Gasteiger partial charge in [0.25, 0.3) is 0 Å². The lowest BCUT2D eigenvalue weighted by Crippen LogP contribution is -2.60. The van der Waals surface area contributed by atoms with Crippen LogP contribution in [0.25, 0.3) is 0 Å². The van der Waals surface area contributed by atoms with Crippen LogP contribution in [0, 0.1) is 5.92 Å². The van der Waals surface area contributed by atoms with E-state index in [-0.39, 0.29) is 24.5 Å². The van der Waals surface area contributed by atoms with Gasteiger partial charge in [0.05, 0.1) is 18.8 Å². The monoisotopic (exact) mass is 684 g/mol. The van der Waals surface area contributed by atoms with Crippen LogP contribution in [0.3, 0.4) is 0 Å². The average Bonchev–Trinajstić information content (AvgIpc) is 3.04. The van der Waals surface area contributed by atoms with Crippen molar-refractivity contribution in [2.24, 2.45) is 5.92 Å². The van der Waals surface area contributed by atoms with E-state index in [2.05, 4.69) is 28.2 Å². The molecule has 13 heteroatoms. The summed E-state index contributed by atoms with van der Waals surface area (Å²) in [6.07, 6.45) is 13.5. The van der Waals surface area contributed by atoms with Crippen LogP contribution in [-0.4, -0.2) is 87.6 Å². The number of Topliss-reactive ketones (excluding diaryl/α,β-unsaturated/α-hetero) is 1. The zero-order valence-corrected chi connectivity index (χ0v) is 30.0. The van der Waals surface area contributed by atoms with Crippen LogP contribution in [0.2, 0.25) is 0 Å². The minimum absolute atomic E-state index is 0.160. The second kappa shape index (κ2) is 26.8. The molecule has 0 aliphatic rings. The molecule has 48 heavy (non-hydrogen) atoms. The summed E-state index contributed by atoms with van der Waals surface area (Å²) in [5.41, 5.74) is 0. The number of aliphatic carboxylic acids is 1. The minimum Gasteiger partial charge on any atom is -0.481 e. The number of hydrogen-bond donors (Lipinski definition) is 7. The SMILES string of the molecule is CCCCCCCCCCCCCCCC(=O)N[C@@H](CO)C(=O)N[C@@H](CCC(=O)O)C(=O)N[C@H](C(=O)N[C@H](C(C)=O)[C@@H](C)CC)[C@@H](C)O. The first-order valence-electron chi connectivity index (χ1n) is 18.0. The number of ketones is 1. The molecule has 0 heterocycles. The van der Waals surface area contributed by atoms with Crippen molar-refractivity contribution in [2.45, 2.75) is 174 Å². The molecule has 4 amide bonds. The number of nitrogens with one attached hydrogen (secondary N) is 4. The summed E-state index contributed by atoms with van der Waals surface area (Å²) < 4.78 is 0. The Morgan fingerprint density at radius 2 is 1.08 bits per heavy atom. The van der Waals surface area contributed by atoms with E-state index in [1.54, 1.807) is 6.92 Å². The average molecular weight is 685 g/mol. The number of aliphatic hydroxyl groups excluding tert-OH is 2. The van der Waals surface area contributed by atoms with Crippen molar-refractivity contribution in [1.29, 1.82) is 0 Å². The van der Waals surface area contributed by atoms with Crippen molar-refractivity contribution >= 4 is 35.4 Å². The summed E-state index contributed by atoms with van der Waals surface area (Å²) in [6.45, 7) is 7.66. The lowest BCUT2D eigenvalue weighted by atomic mass is 9.95. The van der Waals surface area contributed by atoms with Crippen LogP contribution >= 0.6 is 0 Å². The molecule has 0 saturated heterocycles. The van der Waals surface area contributed by atoms with Gasteiger partial charge < -0.3 is 36.6 Å². The smallest absolute Gasteiger partial charge is 0.303 e. The Labute approximate surface area is 287 Å². The van der Waals surface area contributed by atoms with Crippen LogP contribution in [-0.2, 0) is 28.8 Å². The Morgan fingerprint density at radius 3 is 1.52 bits per heavy atom. The fourth-order valence-corrected chi connectivity index (χ4v) is 5.36. The predicted molar refractivity (Wildman–Crippen MR) is 184 cm³/mol. The highest BCUT2D eigenvalue weighted by molar-refractivity contribution is 5.96. The maximum Gasteiger partial charge on any atom is 0.303 e. The Kier molecular flexibility index (Phi) is 25.1. The van der Waals surface area contributed by atoms with E-state index in [0.29, 0.717) is 12.8 Å². The van der Waals surface area contributed by atoms with E-state index in [4.69, 9.17) is 0 Å². The summed E-state index contributed by atoms with van der Waals surface area (Å²) in [5, 5.41) is 38.9. The Bertz CT molecular complexity index is 976. The van der Waals surface area contributed by atoms with E-state index in [1.165, 1.54) is 71.6 Å². The summed E-state index contributed by atoms with van der Waals surface area (Å²) in [6, 6.07) is -5.21. The normalized spacial score (nSPS) is 14.9. The molecule has 13 nitrogen and oxygen atoms in total. The van der Waals surface area contributed by atoms with Crippen molar-refractivity contribution in [2.75, 3.05) is 6.61 Å². The number of carbonyl (C=O) groups is 6. The highest BCUT2D eigenvalue weighted by atomic mass is 16.4. The minimum atomic E-state index is -1.51. The molecule has 0 aromatic carbocycles. The van der Waals surface area contributed by atoms with Gasteiger partial charge in [0.1, 0.15) is 18.1 Å². The van der Waals surface area contributed by atoms with Gasteiger partial charge in [0.15, 0.2) is 5.78 Å². The second-order valence-electron chi connectivity index (χ2n) is 13.0. The standard InChI is InChI=1S/C35H64N4O9/c1-6-8-9-10-11-12-13-14-15-16-17-18-19-20-29(43)36-28(23-40)34(47)37-27(21-22-30(44)45)33(46)39-32(26(5)42)35(48)38-31(25(4)41)24(3)7-2/h24,26-28,31-32,40,42H,6-23H2,1-5H3,(H,36,43)(H,37,47)(H,38,48)(H,39,46)(H,44,45)/t24-,26+,27-,28-,31-,32-/m0/s1. The largest absolute Gasteiger partial charge is 0.481 e. The molecule has 0 bridgehead atoms. The van der Waals surface area contributed by atoms with Crippen molar-refractivity contribution in [1.82, 2.24) is 21.3 Å². The van der Waals surface area contributed by atoms with Crippen molar-refractivity contribution < 1.29 is 44.1 Å². The van der Waals surface area contributed by atoms with Gasteiger partial charge in [0, 0.05) is 12.8 Å². The fourth-order valence-electron chi connectivity index (χ4n) is 5.36. The molecule has 0 radical (unpaired) electrons. The second-order valence-corrected chi connectivity index (χ2v) is 13.0. The molecular formula is C35H64N4O9. The first kappa shape index (κ1) is 44.9. The highest BCUT2D eigenvalue weighted by Crippen LogP contribution is 2.13. The number of aliphatic hydroxyl groups is 2. The quantitative estimate of drug-likeness (QED) is 0.0576. The lowest BCUT2D eigenvalue weighted by molar-refractivity contribution is -0.139. The van der Waals surface area contributed by atoms with Gasteiger partial charge in [-0.25, -0.2) is 0 Å². The van der Waals surface area contributed by atoms with Gasteiger partial charge in [-0.15, -0.1) is 0 Å². The summed E-state index contributed by atoms with van der Waals surface area (Å²) in [7, 11) is 0. The molecule has 6 atom stereocenters. The predicted octanol–water partition coefficient (Wildman–Crippen LogP) is 3.28. The number of unbranched alkanes of at least 4 members (excludes halogenated alkanes) is 12. The summed E-state index contributed by atoms with van der Waals surface area (Å²) >= 11 is 0. The molecule has 0 aromatic rings. The van der Waals surface area contributed by atoms with Crippen LogP contribution in [0.15, 0.2) is 0 Å². The van der Waals surface area contributed by atoms with Crippen LogP contribution in [0.4, 0.5) is 0 Å². The first-order chi connectivity index (χ1) is 22.8. The zero-order chi connectivity index (χ0) is 36.5. The van der Waals surface area contributed by atoms with Crippen molar-refractivity contribution in [3.63, 3.8) is 0 Å². The van der Waals surface area contributed by atoms with Crippen molar-refractivity contribution in [3.8, 4) is 0 Å². The molecule has 0 spiro atoms. The molecule has 0 aliphatic carbocycles. The van der Waals surface area contributed by atoms with Gasteiger partial charge in [-0.3, -0.25) is 28.8 Å². The highest BCUT2D eigenvalue weighted by Gasteiger charge is 2.33. The third-order valence-corrected chi connectivity index (χ3v) is 8.63. The molecule has 0 saturated carbocycles. The first-order valence-corrected chi connectivity index (χ1v) is 18.0. The number of rotatable bonds is 29. The molecule has 0 unspecified atom stereocenters. The van der Waals surface area contributed by atoms with Crippen LogP contribution in [0.5, 0.6) is 0 Å². The molecular weight excluding hydrogens is 620 g/mol. The third kappa shape index (κ3) is 20.3. The molecule has 0 fully saturated rings. The number of carboxylic acid groups (broad SMARTS) is 1. The van der Waals surface area contributed by atoms with Gasteiger partial charge in [0.2, 0.25) is 23.6 Å². The lowest BCUT2D eigenvalue weighted by Gasteiger charge is -2.28. The van der Waals surface area contributed by atoms with Crippen molar-refractivity contribution in [3.05, 3.63) is 0 Å². The van der Waals surface area contributed by atoms with E-state index >= 15 is 0 Å². The Balaban J connectivity index is 4.97. The van der Waals surface area contributed by atoms with Gasteiger partial charge >= 0.3 is 5.97 Å². The van der Waals surface area contributed by atoms with E-state index in [1.807, 2.05) is 6.92 Å². The number of carbonyl (C=O) groups excluding carboxylic acids is 5. The van der Waals surface area contributed by atoms with E-state index < -0.39 is 72.9 Å². The third-order valence-electron chi connectivity index (χ3n) is 8.63.